The van der Waals surface area contributed by atoms with Gasteiger partial charge in [-0.05, 0) is 17.7 Å². The minimum atomic E-state index is 0. The summed E-state index contributed by atoms with van der Waals surface area (Å²) in [6, 6.07) is 5.91. The molecule has 3 rings (SSSR count). The van der Waals surface area contributed by atoms with Crippen molar-refractivity contribution in [3.8, 4) is 11.5 Å². The highest BCUT2D eigenvalue weighted by Gasteiger charge is 2.15. The molecule has 0 radical (unpaired) electrons. The van der Waals surface area contributed by atoms with Crippen LogP contribution < -0.4 is 14.8 Å². The van der Waals surface area contributed by atoms with Gasteiger partial charge in [0.2, 0.25) is 12.7 Å². The summed E-state index contributed by atoms with van der Waals surface area (Å²) in [4.78, 5) is 10.4. The molecule has 1 N–H and O–H groups in total. The Hall–Kier alpha value is -2.04. The van der Waals surface area contributed by atoms with Gasteiger partial charge < -0.3 is 24.2 Å². The van der Waals surface area contributed by atoms with Gasteiger partial charge in [-0.2, -0.15) is 4.98 Å². The fourth-order valence-corrected chi connectivity index (χ4v) is 2.34. The van der Waals surface area contributed by atoms with Crippen LogP contribution in [0.15, 0.2) is 27.7 Å². The summed E-state index contributed by atoms with van der Waals surface area (Å²) in [5, 5.41) is 7.06. The molecule has 0 saturated heterocycles. The Morgan fingerprint density at radius 2 is 2.12 bits per heavy atom. The van der Waals surface area contributed by atoms with Crippen LogP contribution in [0.2, 0.25) is 0 Å². The van der Waals surface area contributed by atoms with E-state index in [1.165, 1.54) is 0 Å². The SMILES string of the molecule is CN=C(NCc1noc(C)n1)N(C)Cc1ccc2c(c1)OCO2.I. The van der Waals surface area contributed by atoms with E-state index in [0.29, 0.717) is 24.8 Å². The second kappa shape index (κ2) is 8.18. The van der Waals surface area contributed by atoms with Crippen LogP contribution >= 0.6 is 24.0 Å². The van der Waals surface area contributed by atoms with Crippen LogP contribution in [0, 0.1) is 6.92 Å². The van der Waals surface area contributed by atoms with Gasteiger partial charge in [-0.25, -0.2) is 0 Å². The molecule has 0 fully saturated rings. The highest BCUT2D eigenvalue weighted by Crippen LogP contribution is 2.32. The maximum Gasteiger partial charge on any atom is 0.231 e. The molecule has 24 heavy (non-hydrogen) atoms. The van der Waals surface area contributed by atoms with Gasteiger partial charge in [0, 0.05) is 27.6 Å². The predicted octanol–water partition coefficient (Wildman–Crippen LogP) is 1.93. The second-order valence-corrected chi connectivity index (χ2v) is 5.17. The molecule has 0 bridgehead atoms. The lowest BCUT2D eigenvalue weighted by Crippen LogP contribution is -2.38. The van der Waals surface area contributed by atoms with E-state index in [4.69, 9.17) is 14.0 Å². The van der Waals surface area contributed by atoms with Gasteiger partial charge in [-0.15, -0.1) is 24.0 Å². The summed E-state index contributed by atoms with van der Waals surface area (Å²) in [5.41, 5.74) is 1.11. The van der Waals surface area contributed by atoms with E-state index in [2.05, 4.69) is 20.4 Å². The number of halogens is 1. The van der Waals surface area contributed by atoms with Gasteiger partial charge in [0.25, 0.3) is 0 Å². The molecule has 0 saturated carbocycles. The number of nitrogens with zero attached hydrogens (tertiary/aromatic N) is 4. The van der Waals surface area contributed by atoms with Gasteiger partial charge in [0.1, 0.15) is 0 Å². The van der Waals surface area contributed by atoms with Crippen LogP contribution in [0.1, 0.15) is 17.3 Å². The number of fused-ring (bicyclic) bond motifs is 1. The molecule has 2 heterocycles. The molecule has 1 aromatic carbocycles. The van der Waals surface area contributed by atoms with Crippen molar-refractivity contribution in [1.29, 1.82) is 0 Å². The Kier molecular flexibility index (Phi) is 6.23. The summed E-state index contributed by atoms with van der Waals surface area (Å²) in [5.74, 6) is 3.45. The lowest BCUT2D eigenvalue weighted by atomic mass is 10.2. The first-order chi connectivity index (χ1) is 11.2. The number of hydrogen-bond donors (Lipinski definition) is 1. The number of nitrogens with one attached hydrogen (secondary N) is 1. The van der Waals surface area contributed by atoms with Gasteiger partial charge >= 0.3 is 0 Å². The zero-order valence-corrected chi connectivity index (χ0v) is 16.1. The molecule has 0 atom stereocenters. The number of benzene rings is 1. The van der Waals surface area contributed by atoms with Crippen molar-refractivity contribution in [2.75, 3.05) is 20.9 Å². The first kappa shape index (κ1) is 18.3. The monoisotopic (exact) mass is 445 g/mol. The Morgan fingerprint density at radius 1 is 1.33 bits per heavy atom. The van der Waals surface area contributed by atoms with Crippen LogP contribution in [0.5, 0.6) is 11.5 Å². The number of aryl methyl sites for hydroxylation is 1. The predicted molar refractivity (Wildman–Crippen MR) is 98.7 cm³/mol. The Balaban J connectivity index is 0.00000208. The molecule has 130 valence electrons. The molecular formula is C15H20IN5O3. The van der Waals surface area contributed by atoms with E-state index in [9.17, 15) is 0 Å². The van der Waals surface area contributed by atoms with E-state index in [0.717, 1.165) is 23.0 Å². The zero-order chi connectivity index (χ0) is 16.2. The minimum Gasteiger partial charge on any atom is -0.454 e. The highest BCUT2D eigenvalue weighted by molar-refractivity contribution is 14.0. The van der Waals surface area contributed by atoms with Crippen molar-refractivity contribution in [3.05, 3.63) is 35.5 Å². The lowest BCUT2D eigenvalue weighted by Gasteiger charge is -2.21. The largest absolute Gasteiger partial charge is 0.454 e. The van der Waals surface area contributed by atoms with Crippen LogP contribution in [-0.2, 0) is 13.1 Å². The van der Waals surface area contributed by atoms with E-state index < -0.39 is 0 Å². The van der Waals surface area contributed by atoms with Crippen molar-refractivity contribution in [2.24, 2.45) is 4.99 Å². The molecule has 0 aliphatic carbocycles. The Labute approximate surface area is 157 Å². The minimum absolute atomic E-state index is 0. The number of hydrogen-bond acceptors (Lipinski definition) is 6. The summed E-state index contributed by atoms with van der Waals surface area (Å²) >= 11 is 0. The summed E-state index contributed by atoms with van der Waals surface area (Å²) in [6.45, 7) is 3.18. The molecule has 8 nitrogen and oxygen atoms in total. The van der Waals surface area contributed by atoms with Crippen LogP contribution in [0.25, 0.3) is 0 Å². The van der Waals surface area contributed by atoms with Gasteiger partial charge in [-0.3, -0.25) is 4.99 Å². The first-order valence-corrected chi connectivity index (χ1v) is 7.25. The fourth-order valence-electron chi connectivity index (χ4n) is 2.34. The first-order valence-electron chi connectivity index (χ1n) is 7.25. The van der Waals surface area contributed by atoms with Gasteiger partial charge in [0.15, 0.2) is 23.3 Å². The van der Waals surface area contributed by atoms with E-state index in [1.54, 1.807) is 14.0 Å². The van der Waals surface area contributed by atoms with Crippen molar-refractivity contribution < 1.29 is 14.0 Å². The number of aromatic nitrogens is 2. The summed E-state index contributed by atoms with van der Waals surface area (Å²) in [6.07, 6.45) is 0. The normalized spacial score (nSPS) is 12.7. The molecular weight excluding hydrogens is 425 g/mol. The summed E-state index contributed by atoms with van der Waals surface area (Å²) in [7, 11) is 3.70. The Morgan fingerprint density at radius 3 is 2.83 bits per heavy atom. The molecule has 0 amide bonds. The average Bonchev–Trinajstić information content (AvgIpc) is 3.16. The average molecular weight is 445 g/mol. The van der Waals surface area contributed by atoms with Crippen LogP contribution in [0.3, 0.4) is 0 Å². The number of guanidine groups is 1. The number of ether oxygens (including phenoxy) is 2. The van der Waals surface area contributed by atoms with Crippen molar-refractivity contribution in [1.82, 2.24) is 20.4 Å². The molecule has 0 unspecified atom stereocenters. The smallest absolute Gasteiger partial charge is 0.231 e. The third-order valence-electron chi connectivity index (χ3n) is 3.40. The molecule has 1 aromatic heterocycles. The molecule has 1 aliphatic rings. The third-order valence-corrected chi connectivity index (χ3v) is 3.40. The van der Waals surface area contributed by atoms with Gasteiger partial charge in [-0.1, -0.05) is 11.2 Å². The number of rotatable bonds is 4. The summed E-state index contributed by atoms with van der Waals surface area (Å²) < 4.78 is 15.7. The maximum absolute atomic E-state index is 5.40. The number of aliphatic imine (C=N–C) groups is 1. The quantitative estimate of drug-likeness (QED) is 0.438. The molecule has 2 aromatic rings. The topological polar surface area (TPSA) is 85.0 Å². The van der Waals surface area contributed by atoms with E-state index >= 15 is 0 Å². The van der Waals surface area contributed by atoms with Crippen molar-refractivity contribution >= 4 is 29.9 Å². The van der Waals surface area contributed by atoms with Crippen molar-refractivity contribution in [2.45, 2.75) is 20.0 Å². The van der Waals surface area contributed by atoms with Crippen molar-refractivity contribution in [3.63, 3.8) is 0 Å². The molecule has 0 spiro atoms. The van der Waals surface area contributed by atoms with Gasteiger partial charge in [0.05, 0.1) is 6.54 Å². The maximum atomic E-state index is 5.40. The lowest BCUT2D eigenvalue weighted by molar-refractivity contribution is 0.174. The van der Waals surface area contributed by atoms with Crippen LogP contribution in [0.4, 0.5) is 0 Å². The van der Waals surface area contributed by atoms with Crippen LogP contribution in [-0.4, -0.2) is 41.9 Å². The molecule has 9 heteroatoms. The Bertz CT molecular complexity index is 719. The third kappa shape index (κ3) is 4.28. The zero-order valence-electron chi connectivity index (χ0n) is 13.8. The highest BCUT2D eigenvalue weighted by atomic mass is 127. The standard InChI is InChI=1S/C15H19N5O3.HI/c1-10-18-14(19-23-10)7-17-15(16-2)20(3)8-11-4-5-12-13(6-11)22-9-21-12;/h4-6H,7-9H2,1-3H3,(H,16,17);1H. The molecule has 1 aliphatic heterocycles. The van der Waals surface area contributed by atoms with E-state index in [1.807, 2.05) is 30.1 Å². The fraction of sp³-hybridized carbons (Fsp3) is 0.400. The second-order valence-electron chi connectivity index (χ2n) is 5.17. The van der Waals surface area contributed by atoms with E-state index in [-0.39, 0.29) is 30.8 Å².